The van der Waals surface area contributed by atoms with Crippen molar-refractivity contribution in [1.82, 2.24) is 10.5 Å². The number of hydrogen-bond donors (Lipinski definition) is 1. The number of rotatable bonds is 10. The van der Waals surface area contributed by atoms with E-state index in [1.54, 1.807) is 6.07 Å². The van der Waals surface area contributed by atoms with Crippen LogP contribution in [0.3, 0.4) is 0 Å². The highest BCUT2D eigenvalue weighted by atomic mass is 32.2. The second kappa shape index (κ2) is 11.1. The lowest BCUT2D eigenvalue weighted by atomic mass is 10.1. The van der Waals surface area contributed by atoms with Crippen molar-refractivity contribution in [2.24, 2.45) is 0 Å². The average Bonchev–Trinajstić information content (AvgIpc) is 3.30. The Kier molecular flexibility index (Phi) is 7.98. The van der Waals surface area contributed by atoms with Crippen LogP contribution in [0.15, 0.2) is 65.2 Å². The van der Waals surface area contributed by atoms with E-state index in [4.69, 9.17) is 9.26 Å². The highest BCUT2D eigenvalue weighted by molar-refractivity contribution is 7.98. The fourth-order valence-electron chi connectivity index (χ4n) is 2.86. The van der Waals surface area contributed by atoms with Crippen LogP contribution in [-0.2, 0) is 16.1 Å². The number of hydrogen-bond acceptors (Lipinski definition) is 8. The van der Waals surface area contributed by atoms with E-state index < -0.39 is 22.8 Å². The van der Waals surface area contributed by atoms with Gasteiger partial charge in [0, 0.05) is 29.3 Å². The minimum atomic E-state index is -0.911. The normalized spacial score (nSPS) is 11.5. The molecule has 9 nitrogen and oxygen atoms in total. The molecule has 0 aliphatic rings. The fourth-order valence-corrected chi connectivity index (χ4v) is 3.33. The predicted molar refractivity (Wildman–Crippen MR) is 119 cm³/mol. The first-order valence-corrected chi connectivity index (χ1v) is 11.1. The van der Waals surface area contributed by atoms with Crippen molar-refractivity contribution in [3.05, 3.63) is 82.1 Å². The zero-order valence-electron chi connectivity index (χ0n) is 17.2. The van der Waals surface area contributed by atoms with Crippen molar-refractivity contribution < 1.29 is 23.8 Å². The number of benzene rings is 2. The van der Waals surface area contributed by atoms with Gasteiger partial charge in [-0.25, -0.2) is 4.79 Å². The van der Waals surface area contributed by atoms with Gasteiger partial charge in [-0.05, 0) is 24.5 Å². The first-order chi connectivity index (χ1) is 15.5. The third kappa shape index (κ3) is 6.17. The van der Waals surface area contributed by atoms with Crippen LogP contribution in [0.2, 0.25) is 0 Å². The number of nitrogens with one attached hydrogen (secondary N) is 1. The highest BCUT2D eigenvalue weighted by Crippen LogP contribution is 2.19. The van der Waals surface area contributed by atoms with Gasteiger partial charge < -0.3 is 14.6 Å². The fraction of sp³-hybridized carbons (Fsp3) is 0.227. The Hall–Kier alpha value is -3.66. The Bertz CT molecular complexity index is 1090. The Labute approximate surface area is 188 Å². The van der Waals surface area contributed by atoms with Crippen molar-refractivity contribution in [3.8, 4) is 11.3 Å². The predicted octanol–water partition coefficient (Wildman–Crippen LogP) is 3.84. The summed E-state index contributed by atoms with van der Waals surface area (Å²) >= 11 is 1.52. The molecule has 1 N–H and O–H groups in total. The molecule has 3 rings (SSSR count). The number of thioether (sulfide) groups is 1. The van der Waals surface area contributed by atoms with Gasteiger partial charge in [0.1, 0.15) is 11.7 Å². The molecule has 3 aromatic rings. The van der Waals surface area contributed by atoms with Gasteiger partial charge in [-0.15, -0.1) is 0 Å². The second-order valence-electron chi connectivity index (χ2n) is 6.77. The van der Waals surface area contributed by atoms with Crippen LogP contribution in [-0.4, -0.2) is 40.0 Å². The summed E-state index contributed by atoms with van der Waals surface area (Å²) in [6.45, 7) is -0.138. The van der Waals surface area contributed by atoms with Gasteiger partial charge in [0.15, 0.2) is 12.4 Å². The summed E-state index contributed by atoms with van der Waals surface area (Å²) in [7, 11) is 0. The molecule has 0 bridgehead atoms. The molecular weight excluding hydrogens is 434 g/mol. The quantitative estimate of drug-likeness (QED) is 0.278. The Morgan fingerprint density at radius 2 is 1.97 bits per heavy atom. The highest BCUT2D eigenvalue weighted by Gasteiger charge is 2.24. The van der Waals surface area contributed by atoms with Crippen LogP contribution in [0.25, 0.3) is 11.3 Å². The number of amides is 1. The van der Waals surface area contributed by atoms with Gasteiger partial charge in [0.25, 0.3) is 11.6 Å². The number of nitrogens with zero attached hydrogens (tertiary/aromatic N) is 2. The summed E-state index contributed by atoms with van der Waals surface area (Å²) in [6, 6.07) is 15.5. The molecule has 2 aromatic carbocycles. The smallest absolute Gasteiger partial charge is 0.329 e. The first kappa shape index (κ1) is 23.0. The van der Waals surface area contributed by atoms with Crippen molar-refractivity contribution in [2.75, 3.05) is 12.0 Å². The van der Waals surface area contributed by atoms with Crippen LogP contribution in [0.5, 0.6) is 0 Å². The van der Waals surface area contributed by atoms with E-state index in [0.717, 1.165) is 11.6 Å². The number of carbonyl (C=O) groups excluding carboxylic acids is 2. The number of esters is 1. The summed E-state index contributed by atoms with van der Waals surface area (Å²) in [5.41, 5.74) is 1.37. The maximum atomic E-state index is 12.6. The molecule has 0 aliphatic carbocycles. The topological polar surface area (TPSA) is 125 Å². The number of aromatic nitrogens is 1. The monoisotopic (exact) mass is 455 g/mol. The van der Waals surface area contributed by atoms with Gasteiger partial charge in [0.2, 0.25) is 0 Å². The van der Waals surface area contributed by atoms with Gasteiger partial charge in [-0.3, -0.25) is 14.9 Å². The van der Waals surface area contributed by atoms with E-state index in [1.807, 2.05) is 36.6 Å². The Balaban J connectivity index is 1.63. The van der Waals surface area contributed by atoms with Crippen LogP contribution < -0.4 is 5.32 Å². The van der Waals surface area contributed by atoms with Crippen LogP contribution in [0, 0.1) is 10.1 Å². The van der Waals surface area contributed by atoms with E-state index >= 15 is 0 Å². The zero-order chi connectivity index (χ0) is 22.9. The molecule has 0 unspecified atom stereocenters. The molecule has 0 saturated carbocycles. The van der Waals surface area contributed by atoms with Gasteiger partial charge >= 0.3 is 5.97 Å². The lowest BCUT2D eigenvalue weighted by molar-refractivity contribution is -0.384. The zero-order valence-corrected chi connectivity index (χ0v) is 18.0. The SMILES string of the molecule is CSCC[C@H](NC(=O)c1cccc([N+](=O)[O-])c1)C(=O)OCc1cc(-c2ccccc2)no1. The van der Waals surface area contributed by atoms with E-state index in [9.17, 15) is 19.7 Å². The lowest BCUT2D eigenvalue weighted by Gasteiger charge is -2.17. The molecule has 32 heavy (non-hydrogen) atoms. The van der Waals surface area contributed by atoms with Gasteiger partial charge in [-0.1, -0.05) is 41.6 Å². The summed E-state index contributed by atoms with van der Waals surface area (Å²) < 4.78 is 10.6. The average molecular weight is 455 g/mol. The molecule has 10 heteroatoms. The number of ether oxygens (including phenoxy) is 1. The Morgan fingerprint density at radius 1 is 1.19 bits per heavy atom. The second-order valence-corrected chi connectivity index (χ2v) is 7.75. The molecule has 166 valence electrons. The molecule has 0 spiro atoms. The Morgan fingerprint density at radius 3 is 2.69 bits per heavy atom. The third-order valence-electron chi connectivity index (χ3n) is 4.50. The summed E-state index contributed by atoms with van der Waals surface area (Å²) in [5, 5.41) is 17.5. The van der Waals surface area contributed by atoms with Crippen LogP contribution in [0.1, 0.15) is 22.5 Å². The van der Waals surface area contributed by atoms with E-state index in [0.29, 0.717) is 23.6 Å². The van der Waals surface area contributed by atoms with E-state index in [1.165, 1.54) is 30.0 Å². The molecule has 1 atom stereocenters. The number of non-ortho nitro benzene ring substituents is 1. The maximum absolute atomic E-state index is 12.6. The molecule has 0 aliphatic heterocycles. The molecule has 0 radical (unpaired) electrons. The largest absolute Gasteiger partial charge is 0.456 e. The number of nitro benzene ring substituents is 1. The van der Waals surface area contributed by atoms with Crippen molar-refractivity contribution >= 4 is 29.3 Å². The van der Waals surface area contributed by atoms with Crippen molar-refractivity contribution in [3.63, 3.8) is 0 Å². The van der Waals surface area contributed by atoms with Crippen molar-refractivity contribution in [1.29, 1.82) is 0 Å². The molecular formula is C22H21N3O6S. The van der Waals surface area contributed by atoms with E-state index in [-0.39, 0.29) is 17.9 Å². The molecule has 1 heterocycles. The first-order valence-electron chi connectivity index (χ1n) is 9.70. The van der Waals surface area contributed by atoms with Crippen LogP contribution in [0.4, 0.5) is 5.69 Å². The summed E-state index contributed by atoms with van der Waals surface area (Å²) in [6.07, 6.45) is 2.22. The van der Waals surface area contributed by atoms with E-state index in [2.05, 4.69) is 10.5 Å². The van der Waals surface area contributed by atoms with Crippen LogP contribution >= 0.6 is 11.8 Å². The standard InChI is InChI=1S/C22H21N3O6S/c1-32-11-10-19(23-21(26)16-8-5-9-17(12-16)25(28)29)22(27)30-14-18-13-20(24-31-18)15-6-3-2-4-7-15/h2-9,12-13,19H,10-11,14H2,1H3,(H,23,26)/t19-/m0/s1. The number of carbonyl (C=O) groups is 2. The minimum absolute atomic E-state index is 0.0869. The molecule has 1 amide bonds. The lowest BCUT2D eigenvalue weighted by Crippen LogP contribution is -2.42. The summed E-state index contributed by atoms with van der Waals surface area (Å²) in [5.74, 6) is -0.251. The molecule has 0 saturated heterocycles. The minimum Gasteiger partial charge on any atom is -0.456 e. The van der Waals surface area contributed by atoms with Crippen molar-refractivity contribution in [2.45, 2.75) is 19.1 Å². The molecule has 0 fully saturated rings. The van der Waals surface area contributed by atoms with Gasteiger partial charge in [0.05, 0.1) is 4.92 Å². The summed E-state index contributed by atoms with van der Waals surface area (Å²) in [4.78, 5) is 35.5. The third-order valence-corrected chi connectivity index (χ3v) is 5.15. The number of nitro groups is 1. The maximum Gasteiger partial charge on any atom is 0.329 e. The molecule has 1 aromatic heterocycles. The van der Waals surface area contributed by atoms with Gasteiger partial charge in [-0.2, -0.15) is 11.8 Å².